The zero-order valence-electron chi connectivity index (χ0n) is 13.7. The lowest BCUT2D eigenvalue weighted by atomic mass is 9.89. The predicted molar refractivity (Wildman–Crippen MR) is 85.6 cm³/mol. The van der Waals surface area contributed by atoms with Crippen molar-refractivity contribution in [1.29, 1.82) is 0 Å². The standard InChI is InChI=1S/C18H26FNO2/c1-18(2,3)22-17(21)20-12-11-15(16(19)13-20)10-9-14-7-5-4-6-8-14/h4-8,15-16H,9-13H2,1-3H3. The summed E-state index contributed by atoms with van der Waals surface area (Å²) in [6.07, 6.45) is 1.04. The summed E-state index contributed by atoms with van der Waals surface area (Å²) in [5.41, 5.74) is 0.705. The van der Waals surface area contributed by atoms with Crippen molar-refractivity contribution in [1.82, 2.24) is 4.90 Å². The molecular formula is C18H26FNO2. The Kier molecular flexibility index (Phi) is 5.43. The van der Waals surface area contributed by atoms with Gasteiger partial charge in [0.25, 0.3) is 0 Å². The van der Waals surface area contributed by atoms with E-state index in [9.17, 15) is 9.18 Å². The molecule has 1 aromatic carbocycles. The summed E-state index contributed by atoms with van der Waals surface area (Å²) < 4.78 is 19.7. The summed E-state index contributed by atoms with van der Waals surface area (Å²) in [6.45, 7) is 6.20. The maximum Gasteiger partial charge on any atom is 0.410 e. The van der Waals surface area contributed by atoms with Gasteiger partial charge in [0.05, 0.1) is 6.54 Å². The van der Waals surface area contributed by atoms with Gasteiger partial charge in [0.2, 0.25) is 0 Å². The van der Waals surface area contributed by atoms with Crippen LogP contribution in [0.1, 0.15) is 39.2 Å². The number of rotatable bonds is 3. The summed E-state index contributed by atoms with van der Waals surface area (Å²) in [6, 6.07) is 10.1. The minimum Gasteiger partial charge on any atom is -0.444 e. The van der Waals surface area contributed by atoms with E-state index in [0.717, 1.165) is 12.8 Å². The van der Waals surface area contributed by atoms with Gasteiger partial charge in [-0.05, 0) is 51.5 Å². The molecule has 2 atom stereocenters. The molecule has 3 nitrogen and oxygen atoms in total. The number of carbonyl (C=O) groups is 1. The van der Waals surface area contributed by atoms with E-state index in [0.29, 0.717) is 13.0 Å². The Morgan fingerprint density at radius 1 is 1.32 bits per heavy atom. The normalized spacial score (nSPS) is 22.5. The van der Waals surface area contributed by atoms with E-state index in [1.165, 1.54) is 10.5 Å². The number of hydrogen-bond donors (Lipinski definition) is 0. The summed E-state index contributed by atoms with van der Waals surface area (Å²) in [4.78, 5) is 13.5. The first-order valence-corrected chi connectivity index (χ1v) is 8.01. The van der Waals surface area contributed by atoms with Crippen LogP contribution in [0.3, 0.4) is 0 Å². The first kappa shape index (κ1) is 16.8. The second-order valence-electron chi connectivity index (χ2n) is 7.02. The third-order valence-electron chi connectivity index (χ3n) is 3.97. The average Bonchev–Trinajstić information content (AvgIpc) is 2.45. The number of aryl methyl sites for hydroxylation is 1. The van der Waals surface area contributed by atoms with Crippen molar-refractivity contribution in [3.63, 3.8) is 0 Å². The molecule has 4 heteroatoms. The molecule has 1 aromatic rings. The molecular weight excluding hydrogens is 281 g/mol. The molecule has 0 saturated carbocycles. The van der Waals surface area contributed by atoms with Crippen LogP contribution in [-0.2, 0) is 11.2 Å². The van der Waals surface area contributed by atoms with Crippen molar-refractivity contribution >= 4 is 6.09 Å². The number of ether oxygens (including phenoxy) is 1. The maximum absolute atomic E-state index is 14.3. The molecule has 2 rings (SSSR count). The Morgan fingerprint density at radius 2 is 2.00 bits per heavy atom. The SMILES string of the molecule is CC(C)(C)OC(=O)N1CCC(CCc2ccccc2)C(F)C1. The van der Waals surface area contributed by atoms with E-state index in [4.69, 9.17) is 4.74 Å². The van der Waals surface area contributed by atoms with Crippen LogP contribution in [0.5, 0.6) is 0 Å². The minimum atomic E-state index is -0.968. The van der Waals surface area contributed by atoms with Gasteiger partial charge in [-0.25, -0.2) is 9.18 Å². The van der Waals surface area contributed by atoms with Gasteiger partial charge >= 0.3 is 6.09 Å². The van der Waals surface area contributed by atoms with Gasteiger partial charge in [-0.15, -0.1) is 0 Å². The summed E-state index contributed by atoms with van der Waals surface area (Å²) in [7, 11) is 0. The molecule has 0 bridgehead atoms. The van der Waals surface area contributed by atoms with Gasteiger partial charge in [-0.3, -0.25) is 0 Å². The van der Waals surface area contributed by atoms with E-state index >= 15 is 0 Å². The van der Waals surface area contributed by atoms with E-state index < -0.39 is 17.9 Å². The quantitative estimate of drug-likeness (QED) is 0.837. The largest absolute Gasteiger partial charge is 0.444 e. The van der Waals surface area contributed by atoms with Crippen LogP contribution >= 0.6 is 0 Å². The molecule has 122 valence electrons. The zero-order chi connectivity index (χ0) is 16.2. The fourth-order valence-electron chi connectivity index (χ4n) is 2.77. The number of hydrogen-bond acceptors (Lipinski definition) is 2. The van der Waals surface area contributed by atoms with Crippen LogP contribution in [0.2, 0.25) is 0 Å². The molecule has 0 radical (unpaired) electrons. The molecule has 2 unspecified atom stereocenters. The average molecular weight is 307 g/mol. The lowest BCUT2D eigenvalue weighted by Crippen LogP contribution is -2.46. The van der Waals surface area contributed by atoms with E-state index in [-0.39, 0.29) is 12.5 Å². The second kappa shape index (κ2) is 7.12. The Morgan fingerprint density at radius 3 is 2.59 bits per heavy atom. The van der Waals surface area contributed by atoms with Gasteiger partial charge in [-0.2, -0.15) is 0 Å². The smallest absolute Gasteiger partial charge is 0.410 e. The number of alkyl halides is 1. The third kappa shape index (κ3) is 5.00. The zero-order valence-corrected chi connectivity index (χ0v) is 13.7. The molecule has 22 heavy (non-hydrogen) atoms. The molecule has 1 aliphatic heterocycles. The van der Waals surface area contributed by atoms with E-state index in [1.54, 1.807) is 0 Å². The van der Waals surface area contributed by atoms with Crippen LogP contribution in [0.15, 0.2) is 30.3 Å². The number of amides is 1. The number of halogens is 1. The first-order chi connectivity index (χ1) is 10.3. The highest BCUT2D eigenvalue weighted by molar-refractivity contribution is 5.68. The van der Waals surface area contributed by atoms with E-state index in [1.807, 2.05) is 39.0 Å². The molecule has 1 aliphatic rings. The highest BCUT2D eigenvalue weighted by Crippen LogP contribution is 2.26. The summed E-state index contributed by atoms with van der Waals surface area (Å²) >= 11 is 0. The molecule has 1 saturated heterocycles. The van der Waals surface area contributed by atoms with Gasteiger partial charge in [0.15, 0.2) is 0 Å². The van der Waals surface area contributed by atoms with Crippen molar-refractivity contribution in [3.05, 3.63) is 35.9 Å². The molecule has 0 spiro atoms. The fourth-order valence-corrected chi connectivity index (χ4v) is 2.77. The van der Waals surface area contributed by atoms with Crippen LogP contribution < -0.4 is 0 Å². The monoisotopic (exact) mass is 307 g/mol. The van der Waals surface area contributed by atoms with Crippen molar-refractivity contribution < 1.29 is 13.9 Å². The van der Waals surface area contributed by atoms with Crippen LogP contribution in [0, 0.1) is 5.92 Å². The molecule has 0 N–H and O–H groups in total. The Balaban J connectivity index is 1.81. The topological polar surface area (TPSA) is 29.5 Å². The van der Waals surface area contributed by atoms with Crippen molar-refractivity contribution in [2.75, 3.05) is 13.1 Å². The van der Waals surface area contributed by atoms with E-state index in [2.05, 4.69) is 12.1 Å². The van der Waals surface area contributed by atoms with Crippen LogP contribution in [0.4, 0.5) is 9.18 Å². The molecule has 1 heterocycles. The lowest BCUT2D eigenvalue weighted by Gasteiger charge is -2.35. The second-order valence-corrected chi connectivity index (χ2v) is 7.02. The highest BCUT2D eigenvalue weighted by Gasteiger charge is 2.33. The van der Waals surface area contributed by atoms with Gasteiger partial charge in [0, 0.05) is 6.54 Å². The van der Waals surface area contributed by atoms with Gasteiger partial charge in [0.1, 0.15) is 11.8 Å². The first-order valence-electron chi connectivity index (χ1n) is 8.01. The summed E-state index contributed by atoms with van der Waals surface area (Å²) in [5.74, 6) is 0.0268. The van der Waals surface area contributed by atoms with Crippen LogP contribution in [0.25, 0.3) is 0 Å². The van der Waals surface area contributed by atoms with Crippen molar-refractivity contribution in [2.45, 2.75) is 51.8 Å². The van der Waals surface area contributed by atoms with Gasteiger partial charge in [-0.1, -0.05) is 30.3 Å². The van der Waals surface area contributed by atoms with Crippen molar-refractivity contribution in [2.24, 2.45) is 5.92 Å². The number of likely N-dealkylation sites (tertiary alicyclic amines) is 1. The van der Waals surface area contributed by atoms with Crippen LogP contribution in [-0.4, -0.2) is 35.9 Å². The van der Waals surface area contributed by atoms with Crippen molar-refractivity contribution in [3.8, 4) is 0 Å². The number of carbonyl (C=O) groups excluding carboxylic acids is 1. The molecule has 1 fully saturated rings. The number of piperidine rings is 1. The number of nitrogens with zero attached hydrogens (tertiary/aromatic N) is 1. The fraction of sp³-hybridized carbons (Fsp3) is 0.611. The highest BCUT2D eigenvalue weighted by atomic mass is 19.1. The molecule has 1 amide bonds. The third-order valence-corrected chi connectivity index (χ3v) is 3.97. The Hall–Kier alpha value is -1.58. The lowest BCUT2D eigenvalue weighted by molar-refractivity contribution is 0.00472. The molecule has 0 aromatic heterocycles. The van der Waals surface area contributed by atoms with Gasteiger partial charge < -0.3 is 9.64 Å². The predicted octanol–water partition coefficient (Wildman–Crippen LogP) is 4.21. The minimum absolute atomic E-state index is 0.0268. The Bertz CT molecular complexity index is 484. The Labute approximate surface area is 132 Å². The maximum atomic E-state index is 14.3. The number of benzene rings is 1. The summed E-state index contributed by atoms with van der Waals surface area (Å²) in [5, 5.41) is 0. The molecule has 0 aliphatic carbocycles.